The lowest BCUT2D eigenvalue weighted by Gasteiger charge is -2.51. The summed E-state index contributed by atoms with van der Waals surface area (Å²) < 4.78 is 9.89. The van der Waals surface area contributed by atoms with Crippen molar-refractivity contribution in [2.24, 2.45) is 0 Å². The topological polar surface area (TPSA) is 22.9 Å². The van der Waals surface area contributed by atoms with Crippen LogP contribution in [-0.2, 0) is 32.5 Å². The van der Waals surface area contributed by atoms with E-state index in [0.29, 0.717) is 0 Å². The third-order valence-electron chi connectivity index (χ3n) is 22.5. The second-order valence-corrected chi connectivity index (χ2v) is 31.1. The van der Waals surface area contributed by atoms with Gasteiger partial charge in [-0.3, -0.25) is 0 Å². The van der Waals surface area contributed by atoms with Crippen molar-refractivity contribution in [3.8, 4) is 0 Å². The van der Waals surface area contributed by atoms with E-state index in [1.165, 1.54) is 129 Å². The second-order valence-electron chi connectivity index (χ2n) is 30.1. The van der Waals surface area contributed by atoms with Crippen molar-refractivity contribution in [3.63, 3.8) is 0 Å². The molecule has 0 N–H and O–H groups in total. The van der Waals surface area contributed by atoms with E-state index in [0.717, 1.165) is 59.7 Å². The summed E-state index contributed by atoms with van der Waals surface area (Å²) >= 11 is 1.98. The van der Waals surface area contributed by atoms with Gasteiger partial charge in [0.05, 0.1) is 11.2 Å². The Hall–Kier alpha value is -6.76. The molecule has 4 nitrogen and oxygen atoms in total. The van der Waals surface area contributed by atoms with Crippen LogP contribution < -0.4 is 31.1 Å². The Bertz CT molecular complexity index is 4430. The number of anilines is 8. The number of benzene rings is 8. The van der Waals surface area contributed by atoms with Crippen molar-refractivity contribution in [3.05, 3.63) is 173 Å². The smallest absolute Gasteiger partial charge is 0.254 e. The highest BCUT2D eigenvalue weighted by atomic mass is 32.1. The van der Waals surface area contributed by atoms with Crippen LogP contribution in [0.5, 0.6) is 0 Å². The van der Waals surface area contributed by atoms with E-state index in [1.807, 2.05) is 11.3 Å². The van der Waals surface area contributed by atoms with Gasteiger partial charge in [0, 0.05) is 70.8 Å². The third-order valence-corrected chi connectivity index (χ3v) is 23.7. The van der Waals surface area contributed by atoms with Gasteiger partial charge in [0.2, 0.25) is 0 Å². The van der Waals surface area contributed by atoms with Crippen LogP contribution in [-0.4, -0.2) is 12.3 Å². The first-order valence-corrected chi connectivity index (χ1v) is 31.7. The lowest BCUT2D eigenvalue weighted by atomic mass is 9.33. The van der Waals surface area contributed by atoms with Crippen molar-refractivity contribution >= 4 is 122 Å². The summed E-state index contributed by atoms with van der Waals surface area (Å²) in [6, 6.07) is 55.6. The fraction of sp³-hybridized carbons (Fsp3) is 0.368. The minimum Gasteiger partial charge on any atom is -0.454 e. The fourth-order valence-corrected chi connectivity index (χ4v) is 18.5. The van der Waals surface area contributed by atoms with Gasteiger partial charge in [-0.15, -0.1) is 11.3 Å². The number of hydrogen-bond acceptors (Lipinski definition) is 5. The Morgan fingerprint density at radius 3 is 1.83 bits per heavy atom. The monoisotopic (exact) mass is 1090 g/mol. The average Bonchev–Trinajstić information content (AvgIpc) is 2.74. The van der Waals surface area contributed by atoms with E-state index in [1.54, 1.807) is 0 Å². The largest absolute Gasteiger partial charge is 0.454 e. The molecule has 6 aliphatic rings. The number of para-hydroxylation sites is 2. The first kappa shape index (κ1) is 50.9. The Labute approximate surface area is 490 Å². The molecule has 6 heteroatoms. The highest BCUT2D eigenvalue weighted by Crippen LogP contribution is 2.63. The van der Waals surface area contributed by atoms with Gasteiger partial charge in [-0.1, -0.05) is 175 Å². The Morgan fingerprint density at radius 1 is 0.451 bits per heavy atom. The third kappa shape index (κ3) is 6.74. The van der Waals surface area contributed by atoms with Crippen LogP contribution in [0.3, 0.4) is 0 Å². The van der Waals surface area contributed by atoms with E-state index in [-0.39, 0.29) is 44.7 Å². The number of thiophene rings is 1. The van der Waals surface area contributed by atoms with E-state index < -0.39 is 0 Å². The zero-order valence-electron chi connectivity index (χ0n) is 50.7. The molecule has 412 valence electrons. The van der Waals surface area contributed by atoms with Gasteiger partial charge in [-0.2, -0.15) is 0 Å². The van der Waals surface area contributed by atoms with Crippen LogP contribution in [0.25, 0.3) is 42.1 Å². The molecule has 82 heavy (non-hydrogen) atoms. The molecule has 2 aromatic heterocycles. The number of furan rings is 1. The summed E-state index contributed by atoms with van der Waals surface area (Å²) in [5, 5.41) is 4.95. The summed E-state index contributed by atoms with van der Waals surface area (Å²) in [5.74, 6) is 0. The van der Waals surface area contributed by atoms with E-state index in [9.17, 15) is 0 Å². The maximum absolute atomic E-state index is 7.20. The van der Waals surface area contributed by atoms with Gasteiger partial charge in [-0.25, -0.2) is 0 Å². The summed E-state index contributed by atoms with van der Waals surface area (Å²) in [7, 11) is 0. The normalized spacial score (nSPS) is 22.5. The van der Waals surface area contributed by atoms with Gasteiger partial charge in [0.1, 0.15) is 5.58 Å². The lowest BCUT2D eigenvalue weighted by molar-refractivity contribution is 0.195. The van der Waals surface area contributed by atoms with Gasteiger partial charge in [0.15, 0.2) is 5.58 Å². The molecule has 0 radical (unpaired) electrons. The summed E-state index contributed by atoms with van der Waals surface area (Å²) in [4.78, 5) is 8.30. The zero-order valence-corrected chi connectivity index (χ0v) is 51.5. The van der Waals surface area contributed by atoms with E-state index >= 15 is 0 Å². The Kier molecular flexibility index (Phi) is 10.3. The van der Waals surface area contributed by atoms with Crippen LogP contribution >= 0.6 is 11.3 Å². The van der Waals surface area contributed by atoms with E-state index in [4.69, 9.17) is 4.42 Å². The predicted octanol–water partition coefficient (Wildman–Crippen LogP) is 19.8. The van der Waals surface area contributed by atoms with Gasteiger partial charge >= 0.3 is 0 Å². The minimum absolute atomic E-state index is 0.00128. The highest BCUT2D eigenvalue weighted by molar-refractivity contribution is 7.28. The predicted molar refractivity (Wildman–Crippen MR) is 353 cm³/mol. The summed E-state index contributed by atoms with van der Waals surface area (Å²) in [6.07, 6.45) is 9.37. The number of rotatable bonds is 3. The van der Waals surface area contributed by atoms with Crippen LogP contribution in [0.15, 0.2) is 144 Å². The SMILES string of the molecule is CC(C)(C)c1ccc2c(c1)C1(C)CCCCC1(C)N2c1cc2c3c(c1)N(c1cccc4c1oc1ccccc14)c1ccc4c(sc5ccccc54)c1B3c1cc3c(cc1N2c1ccc2c(c1)C(C)(C)CCC2(C)C)C(C)(C)CCC3(C)C. The number of nitrogens with zero attached hydrogens (tertiary/aromatic N) is 3. The van der Waals surface area contributed by atoms with Crippen molar-refractivity contribution < 1.29 is 4.42 Å². The molecule has 2 atom stereocenters. The quantitative estimate of drug-likeness (QED) is 0.165. The zero-order chi connectivity index (χ0) is 56.6. The summed E-state index contributed by atoms with van der Waals surface area (Å²) in [5.41, 5.74) is 24.8. The molecule has 8 aromatic carbocycles. The van der Waals surface area contributed by atoms with Gasteiger partial charge in [0.25, 0.3) is 6.71 Å². The first-order valence-electron chi connectivity index (χ1n) is 30.9. The van der Waals surface area contributed by atoms with Crippen LogP contribution in [0.1, 0.15) is 175 Å². The van der Waals surface area contributed by atoms with Gasteiger partial charge in [-0.05, 0) is 188 Å². The molecule has 0 spiro atoms. The molecule has 10 aromatic rings. The average molecular weight is 1090 g/mol. The molecule has 2 unspecified atom stereocenters. The summed E-state index contributed by atoms with van der Waals surface area (Å²) in [6.45, 7) is 32.3. The van der Waals surface area contributed by atoms with Crippen molar-refractivity contribution in [2.45, 2.75) is 179 Å². The lowest BCUT2D eigenvalue weighted by Crippen LogP contribution is -2.62. The highest BCUT2D eigenvalue weighted by Gasteiger charge is 2.59. The standard InChI is InChI=1S/C76H78BN3OS/c1-70(2,3)45-27-31-58-56(39-45)75(12)33-18-19-34-76(75,13)80(58)47-41-62-66-63(42-47)79(60-24-20-23-50-48-21-14-16-25-64(48)81-68(50)60)59-32-29-51-49-22-15-17-26-65(49)82-69(51)67(59)77(66)57-43-54-55(74(10,11)38-37-73(54,8)9)44-61(57)78(62)46-28-30-52-53(40-46)72(6,7)36-35-71(52,4)5/h14-17,20-32,39-44H,18-19,33-38H2,1-13H3. The molecule has 5 heterocycles. The first-order chi connectivity index (χ1) is 39.0. The molecule has 0 saturated heterocycles. The van der Waals surface area contributed by atoms with Crippen molar-refractivity contribution in [1.82, 2.24) is 0 Å². The molecule has 0 amide bonds. The number of fused-ring (bicyclic) bond motifs is 16. The molecular formula is C76H78BN3OS. The molecular weight excluding hydrogens is 1010 g/mol. The maximum atomic E-state index is 7.20. The van der Waals surface area contributed by atoms with Crippen LogP contribution in [0.2, 0.25) is 0 Å². The molecule has 0 bridgehead atoms. The van der Waals surface area contributed by atoms with Crippen molar-refractivity contribution in [1.29, 1.82) is 0 Å². The second kappa shape index (κ2) is 16.5. The minimum atomic E-state index is -0.183. The molecule has 3 aliphatic carbocycles. The molecule has 1 saturated carbocycles. The van der Waals surface area contributed by atoms with Gasteiger partial charge < -0.3 is 19.1 Å². The number of hydrogen-bond donors (Lipinski definition) is 0. The Balaban J connectivity index is 1.09. The molecule has 3 aliphatic heterocycles. The van der Waals surface area contributed by atoms with E-state index in [2.05, 4.69) is 244 Å². The Morgan fingerprint density at radius 2 is 1.09 bits per heavy atom. The molecule has 1 fully saturated rings. The maximum Gasteiger partial charge on any atom is 0.254 e. The van der Waals surface area contributed by atoms with Crippen molar-refractivity contribution in [2.75, 3.05) is 14.7 Å². The van der Waals surface area contributed by atoms with Crippen LogP contribution in [0, 0.1) is 0 Å². The fourth-order valence-electron chi connectivity index (χ4n) is 17.2. The molecule has 16 rings (SSSR count). The van der Waals surface area contributed by atoms with Crippen LogP contribution in [0.4, 0.5) is 45.5 Å².